The van der Waals surface area contributed by atoms with Crippen LogP contribution in [0.25, 0.3) is 10.9 Å². The van der Waals surface area contributed by atoms with Crippen LogP contribution in [0.4, 0.5) is 10.1 Å². The summed E-state index contributed by atoms with van der Waals surface area (Å²) in [5.41, 5.74) is 2.35. The summed E-state index contributed by atoms with van der Waals surface area (Å²) in [6, 6.07) is 3.28. The van der Waals surface area contributed by atoms with Gasteiger partial charge in [0.1, 0.15) is 11.4 Å². The number of nitrogens with one attached hydrogen (secondary N) is 2. The van der Waals surface area contributed by atoms with E-state index in [0.29, 0.717) is 17.6 Å². The first kappa shape index (κ1) is 23.3. The number of nitrogens with zero attached hydrogens (tertiary/aromatic N) is 1. The lowest BCUT2D eigenvalue weighted by molar-refractivity contribution is -0.149. The Morgan fingerprint density at radius 1 is 1.09 bits per heavy atom. The van der Waals surface area contributed by atoms with Crippen molar-refractivity contribution in [3.63, 3.8) is 0 Å². The van der Waals surface area contributed by atoms with Gasteiger partial charge in [-0.05, 0) is 44.2 Å². The highest BCUT2D eigenvalue weighted by molar-refractivity contribution is 5.97. The number of rotatable bonds is 6. The summed E-state index contributed by atoms with van der Waals surface area (Å²) >= 11 is 0. The number of benzene rings is 1. The first-order valence-corrected chi connectivity index (χ1v) is 12.1. The standard InChI is InChI=1S/C25H32FN3O4/c1-2-8-23(30)33-28-25(32)19-15-29(17-11-6-7-12-17)22-14-21(20(26)13-18(22)24(19)31)27-16-9-4-3-5-10-16/h13-17,27H,2-12H2,1H3,(H,28,32). The molecular weight excluding hydrogens is 425 g/mol. The van der Waals surface area contributed by atoms with Crippen LogP contribution in [-0.2, 0) is 9.63 Å². The normalized spacial score (nSPS) is 17.3. The molecule has 0 spiro atoms. The molecule has 1 amide bonds. The van der Waals surface area contributed by atoms with E-state index < -0.39 is 23.1 Å². The minimum atomic E-state index is -0.803. The van der Waals surface area contributed by atoms with Crippen LogP contribution in [-0.4, -0.2) is 22.5 Å². The van der Waals surface area contributed by atoms with Crippen molar-refractivity contribution in [1.29, 1.82) is 0 Å². The molecule has 0 saturated heterocycles. The fourth-order valence-corrected chi connectivity index (χ4v) is 5.01. The van der Waals surface area contributed by atoms with E-state index in [2.05, 4.69) is 10.8 Å². The lowest BCUT2D eigenvalue weighted by Gasteiger charge is -2.25. The van der Waals surface area contributed by atoms with E-state index in [1.165, 1.54) is 18.7 Å². The highest BCUT2D eigenvalue weighted by Gasteiger charge is 2.24. The summed E-state index contributed by atoms with van der Waals surface area (Å²) in [6.07, 6.45) is 11.7. The molecule has 1 aromatic carbocycles. The number of anilines is 1. The second-order valence-corrected chi connectivity index (χ2v) is 9.20. The van der Waals surface area contributed by atoms with E-state index in [1.807, 2.05) is 11.5 Å². The molecule has 4 rings (SSSR count). The number of carbonyl (C=O) groups is 2. The summed E-state index contributed by atoms with van der Waals surface area (Å²) in [5, 5.41) is 3.49. The molecule has 2 aliphatic rings. The molecule has 0 aliphatic heterocycles. The van der Waals surface area contributed by atoms with Crippen molar-refractivity contribution in [2.45, 2.75) is 89.6 Å². The zero-order chi connectivity index (χ0) is 23.4. The van der Waals surface area contributed by atoms with Gasteiger partial charge in [-0.2, -0.15) is 5.48 Å². The van der Waals surface area contributed by atoms with Gasteiger partial charge >= 0.3 is 5.97 Å². The minimum Gasteiger partial charge on any atom is -0.380 e. The third-order valence-electron chi connectivity index (χ3n) is 6.76. The Labute approximate surface area is 192 Å². The Morgan fingerprint density at radius 3 is 2.48 bits per heavy atom. The zero-order valence-electron chi connectivity index (χ0n) is 19.1. The van der Waals surface area contributed by atoms with Crippen LogP contribution in [0.3, 0.4) is 0 Å². The Morgan fingerprint density at radius 2 is 1.79 bits per heavy atom. The van der Waals surface area contributed by atoms with E-state index in [9.17, 15) is 14.4 Å². The van der Waals surface area contributed by atoms with Crippen LogP contribution in [0.5, 0.6) is 0 Å². The second-order valence-electron chi connectivity index (χ2n) is 9.20. The van der Waals surface area contributed by atoms with Crippen LogP contribution >= 0.6 is 0 Å². The zero-order valence-corrected chi connectivity index (χ0v) is 19.1. The molecule has 0 unspecified atom stereocenters. The fraction of sp³-hybridized carbons (Fsp3) is 0.560. The minimum absolute atomic E-state index is 0.121. The molecule has 2 aliphatic carbocycles. The van der Waals surface area contributed by atoms with Gasteiger partial charge in [-0.15, -0.1) is 0 Å². The smallest absolute Gasteiger partial charge is 0.332 e. The summed E-state index contributed by atoms with van der Waals surface area (Å²) in [5.74, 6) is -1.88. The molecule has 7 nitrogen and oxygen atoms in total. The van der Waals surface area contributed by atoms with Crippen molar-refractivity contribution < 1.29 is 18.8 Å². The summed E-state index contributed by atoms with van der Waals surface area (Å²) in [7, 11) is 0. The van der Waals surface area contributed by atoms with Gasteiger partial charge in [0.15, 0.2) is 0 Å². The molecule has 2 fully saturated rings. The number of aromatic nitrogens is 1. The molecular formula is C25H32FN3O4. The van der Waals surface area contributed by atoms with Gasteiger partial charge < -0.3 is 14.7 Å². The molecule has 1 heterocycles. The largest absolute Gasteiger partial charge is 0.380 e. The number of halogens is 1. The second kappa shape index (κ2) is 10.4. The molecule has 8 heteroatoms. The number of fused-ring (bicyclic) bond motifs is 1. The Balaban J connectivity index is 1.72. The van der Waals surface area contributed by atoms with E-state index in [0.717, 1.165) is 51.4 Å². The molecule has 178 valence electrons. The fourth-order valence-electron chi connectivity index (χ4n) is 5.01. The van der Waals surface area contributed by atoms with Crippen molar-refractivity contribution >= 4 is 28.5 Å². The van der Waals surface area contributed by atoms with Crippen molar-refractivity contribution in [1.82, 2.24) is 10.0 Å². The first-order valence-electron chi connectivity index (χ1n) is 12.1. The number of pyridine rings is 1. The highest BCUT2D eigenvalue weighted by Crippen LogP contribution is 2.34. The van der Waals surface area contributed by atoms with Crippen molar-refractivity contribution in [3.05, 3.63) is 39.9 Å². The van der Waals surface area contributed by atoms with Crippen molar-refractivity contribution in [2.24, 2.45) is 0 Å². The van der Waals surface area contributed by atoms with Crippen molar-refractivity contribution in [2.75, 3.05) is 5.32 Å². The molecule has 1 aromatic heterocycles. The van der Waals surface area contributed by atoms with E-state index in [1.54, 1.807) is 6.07 Å². The van der Waals surface area contributed by atoms with Crippen LogP contribution in [0, 0.1) is 5.82 Å². The van der Waals surface area contributed by atoms with Gasteiger partial charge in [0, 0.05) is 30.1 Å². The number of amides is 1. The number of carbonyl (C=O) groups excluding carboxylic acids is 2. The van der Waals surface area contributed by atoms with Gasteiger partial charge in [-0.3, -0.25) is 9.59 Å². The summed E-state index contributed by atoms with van der Waals surface area (Å²) in [6.45, 7) is 1.82. The summed E-state index contributed by atoms with van der Waals surface area (Å²) < 4.78 is 17.0. The predicted octanol–water partition coefficient (Wildman–Crippen LogP) is 4.99. The lowest BCUT2D eigenvalue weighted by atomic mass is 9.95. The molecule has 2 aromatic rings. The SMILES string of the molecule is CCCC(=O)ONC(=O)c1cn(C2CCCC2)c2cc(NC3CCCCC3)c(F)cc2c1=O. The maximum atomic E-state index is 15.1. The van der Waals surface area contributed by atoms with E-state index >= 15 is 4.39 Å². The highest BCUT2D eigenvalue weighted by atomic mass is 19.1. The van der Waals surface area contributed by atoms with Gasteiger partial charge in [0.25, 0.3) is 5.91 Å². The molecule has 33 heavy (non-hydrogen) atoms. The first-order chi connectivity index (χ1) is 16.0. The third-order valence-corrected chi connectivity index (χ3v) is 6.76. The number of hydroxylamine groups is 1. The Hall–Kier alpha value is -2.90. The van der Waals surface area contributed by atoms with Crippen molar-refractivity contribution in [3.8, 4) is 0 Å². The average Bonchev–Trinajstić information content (AvgIpc) is 3.34. The Bertz CT molecular complexity index is 1090. The molecule has 0 bridgehead atoms. The number of hydrogen-bond acceptors (Lipinski definition) is 5. The van der Waals surface area contributed by atoms with Crippen LogP contribution < -0.4 is 16.2 Å². The molecule has 0 atom stereocenters. The van der Waals surface area contributed by atoms with Gasteiger partial charge in [0.05, 0.1) is 11.2 Å². The van der Waals surface area contributed by atoms with Crippen LogP contribution in [0.1, 0.15) is 94.0 Å². The quantitative estimate of drug-likeness (QED) is 0.597. The van der Waals surface area contributed by atoms with Crippen LogP contribution in [0.15, 0.2) is 23.1 Å². The number of hydrogen-bond donors (Lipinski definition) is 2. The van der Waals surface area contributed by atoms with Gasteiger partial charge in [0.2, 0.25) is 5.43 Å². The predicted molar refractivity (Wildman–Crippen MR) is 125 cm³/mol. The Kier molecular flexibility index (Phi) is 7.30. The maximum Gasteiger partial charge on any atom is 0.332 e. The van der Waals surface area contributed by atoms with Crippen LogP contribution in [0.2, 0.25) is 0 Å². The van der Waals surface area contributed by atoms with E-state index in [4.69, 9.17) is 4.84 Å². The summed E-state index contributed by atoms with van der Waals surface area (Å²) in [4.78, 5) is 42.3. The maximum absolute atomic E-state index is 15.1. The average molecular weight is 458 g/mol. The topological polar surface area (TPSA) is 89.4 Å². The molecule has 0 radical (unpaired) electrons. The molecule has 2 N–H and O–H groups in total. The monoisotopic (exact) mass is 457 g/mol. The molecule has 2 saturated carbocycles. The third kappa shape index (κ3) is 5.20. The van der Waals surface area contributed by atoms with E-state index in [-0.39, 0.29) is 29.5 Å². The van der Waals surface area contributed by atoms with Gasteiger partial charge in [-0.25, -0.2) is 9.18 Å². The lowest BCUT2D eigenvalue weighted by Crippen LogP contribution is -2.32. The van der Waals surface area contributed by atoms with Gasteiger partial charge in [-0.1, -0.05) is 39.0 Å².